The monoisotopic (exact) mass is 546 g/mol. The van der Waals surface area contributed by atoms with Crippen molar-refractivity contribution >= 4 is 46.8 Å². The number of amides is 2. The Morgan fingerprint density at radius 2 is 2.08 bits per heavy atom. The van der Waals surface area contributed by atoms with Crippen LogP contribution in [0.1, 0.15) is 39.0 Å². The molecule has 6 atom stereocenters. The lowest BCUT2D eigenvalue weighted by Gasteiger charge is -2.39. The smallest absolute Gasteiger partial charge is 0.310 e. The van der Waals surface area contributed by atoms with E-state index in [0.717, 1.165) is 25.7 Å². The van der Waals surface area contributed by atoms with Crippen LogP contribution in [0.3, 0.4) is 0 Å². The van der Waals surface area contributed by atoms with E-state index in [9.17, 15) is 19.5 Å². The number of carbonyl (C=O) groups is 3. The van der Waals surface area contributed by atoms with Gasteiger partial charge in [-0.2, -0.15) is 0 Å². The Morgan fingerprint density at radius 3 is 2.76 bits per heavy atom. The van der Waals surface area contributed by atoms with Gasteiger partial charge in [-0.15, -0.1) is 24.9 Å². The van der Waals surface area contributed by atoms with E-state index in [1.807, 2.05) is 6.08 Å². The van der Waals surface area contributed by atoms with Crippen molar-refractivity contribution in [3.63, 3.8) is 0 Å². The number of thioether (sulfide) groups is 1. The van der Waals surface area contributed by atoms with E-state index in [-0.39, 0.29) is 36.2 Å². The summed E-state index contributed by atoms with van der Waals surface area (Å²) in [4.78, 5) is 44.7. The second kappa shape index (κ2) is 11.6. The first-order valence-corrected chi connectivity index (χ1v) is 14.1. The lowest BCUT2D eigenvalue weighted by molar-refractivity contribution is -0.154. The van der Waals surface area contributed by atoms with Crippen LogP contribution in [0.4, 0.5) is 5.69 Å². The summed E-state index contributed by atoms with van der Waals surface area (Å²) in [7, 11) is 0. The Hall–Kier alpha value is -2.29. The van der Waals surface area contributed by atoms with Gasteiger partial charge >= 0.3 is 5.97 Å². The fourth-order valence-electron chi connectivity index (χ4n) is 6.11. The molecule has 3 aliphatic heterocycles. The van der Waals surface area contributed by atoms with Crippen LogP contribution < -0.4 is 4.90 Å². The number of allylic oxidation sites excluding steroid dienone is 1. The largest absolute Gasteiger partial charge is 0.465 e. The zero-order valence-corrected chi connectivity index (χ0v) is 22.8. The maximum absolute atomic E-state index is 14.3. The Bertz CT molecular complexity index is 1070. The number of aliphatic hydroxyl groups is 1. The highest BCUT2D eigenvalue weighted by Gasteiger charge is 2.74. The van der Waals surface area contributed by atoms with Gasteiger partial charge < -0.3 is 19.6 Å². The Kier molecular flexibility index (Phi) is 8.71. The van der Waals surface area contributed by atoms with Crippen molar-refractivity contribution in [3.05, 3.63) is 54.6 Å². The summed E-state index contributed by atoms with van der Waals surface area (Å²) in [5.41, 5.74) is 0.533. The molecule has 3 saturated heterocycles. The van der Waals surface area contributed by atoms with E-state index in [2.05, 4.69) is 13.2 Å². The third kappa shape index (κ3) is 4.84. The number of hydrogen-bond acceptors (Lipinski definition) is 6. The number of para-hydroxylation sites is 1. The van der Waals surface area contributed by atoms with Gasteiger partial charge in [0.05, 0.1) is 46.5 Å². The quantitative estimate of drug-likeness (QED) is 0.240. The third-order valence-corrected chi connectivity index (χ3v) is 10.0. The van der Waals surface area contributed by atoms with Crippen LogP contribution in [0.15, 0.2) is 49.6 Å². The van der Waals surface area contributed by atoms with Gasteiger partial charge in [-0.25, -0.2) is 0 Å². The van der Waals surface area contributed by atoms with Gasteiger partial charge in [0, 0.05) is 11.8 Å². The molecule has 0 saturated carbocycles. The summed E-state index contributed by atoms with van der Waals surface area (Å²) in [5.74, 6) is -2.19. The lowest BCUT2D eigenvalue weighted by atomic mass is 9.71. The Labute approximate surface area is 227 Å². The fraction of sp³-hybridized carbons (Fsp3) is 0.536. The standard InChI is InChI=1S/C28H35ClN2O5S/c1-4-6-7-10-16-36-27(35)22-21-13-14-28(37-21)23(22)25(33)31(18(3)17-32)24(28)26(34)30(15-5-2)20-12-9-8-11-19(20)29/h4-5,8-9,11-12,18,21-24,32H,1-2,6-7,10,13-17H2,3H3/t18-,21-,22+,23+,24?,28?/m1/s1. The molecule has 1 aromatic carbocycles. The minimum absolute atomic E-state index is 0.0790. The first-order valence-electron chi connectivity index (χ1n) is 12.9. The number of aliphatic hydroxyl groups excluding tert-OH is 1. The van der Waals surface area contributed by atoms with Crippen LogP contribution in [0.2, 0.25) is 5.02 Å². The molecule has 2 bridgehead atoms. The van der Waals surface area contributed by atoms with Gasteiger partial charge in [0.2, 0.25) is 5.91 Å². The van der Waals surface area contributed by atoms with E-state index in [1.54, 1.807) is 53.9 Å². The van der Waals surface area contributed by atoms with Crippen LogP contribution in [0.25, 0.3) is 0 Å². The van der Waals surface area contributed by atoms with Crippen molar-refractivity contribution in [1.29, 1.82) is 0 Å². The maximum Gasteiger partial charge on any atom is 0.310 e. The number of nitrogens with zero attached hydrogens (tertiary/aromatic N) is 2. The molecule has 0 aromatic heterocycles. The zero-order valence-electron chi connectivity index (χ0n) is 21.2. The molecule has 3 aliphatic rings. The second-order valence-corrected chi connectivity index (χ2v) is 12.0. The molecule has 4 rings (SSSR count). The number of esters is 1. The Balaban J connectivity index is 1.68. The number of halogens is 1. The molecular formula is C28H35ClN2O5S. The van der Waals surface area contributed by atoms with E-state index < -0.39 is 28.7 Å². The number of likely N-dealkylation sites (tertiary alicyclic amines) is 1. The maximum atomic E-state index is 14.3. The number of anilines is 1. The number of fused-ring (bicyclic) bond motifs is 1. The van der Waals surface area contributed by atoms with E-state index in [0.29, 0.717) is 23.7 Å². The molecule has 2 unspecified atom stereocenters. The van der Waals surface area contributed by atoms with Crippen LogP contribution in [0, 0.1) is 11.8 Å². The summed E-state index contributed by atoms with van der Waals surface area (Å²) in [6.07, 6.45) is 7.29. The SMILES string of the molecule is C=CCCCCOC(=O)[C@@H]1[C@H]2C(=O)N([C@H](C)CO)C(C(=O)N(CC=C)c3ccccc3Cl)C23CC[C@H]1S3. The average molecular weight is 547 g/mol. The molecule has 0 radical (unpaired) electrons. The molecule has 3 fully saturated rings. The normalized spacial score (nSPS) is 28.6. The molecule has 3 heterocycles. The van der Waals surface area contributed by atoms with Gasteiger partial charge in [0.15, 0.2) is 0 Å². The minimum atomic E-state index is -0.844. The number of benzene rings is 1. The molecule has 9 heteroatoms. The van der Waals surface area contributed by atoms with Crippen LogP contribution >= 0.6 is 23.4 Å². The second-order valence-electron chi connectivity index (χ2n) is 9.97. The minimum Gasteiger partial charge on any atom is -0.465 e. The van der Waals surface area contributed by atoms with Crippen LogP contribution in [-0.2, 0) is 19.1 Å². The van der Waals surface area contributed by atoms with Crippen molar-refractivity contribution in [1.82, 2.24) is 4.90 Å². The fourth-order valence-corrected chi connectivity index (χ4v) is 8.54. The third-order valence-electron chi connectivity index (χ3n) is 7.75. The highest BCUT2D eigenvalue weighted by Crippen LogP contribution is 2.67. The van der Waals surface area contributed by atoms with Gasteiger partial charge in [-0.1, -0.05) is 35.9 Å². The van der Waals surface area contributed by atoms with Crippen molar-refractivity contribution in [3.8, 4) is 0 Å². The summed E-state index contributed by atoms with van der Waals surface area (Å²) >= 11 is 8.05. The summed E-state index contributed by atoms with van der Waals surface area (Å²) in [6.45, 7) is 9.47. The van der Waals surface area contributed by atoms with Crippen molar-refractivity contribution in [2.45, 2.75) is 61.1 Å². The molecular weight excluding hydrogens is 512 g/mol. The highest BCUT2D eigenvalue weighted by molar-refractivity contribution is 8.02. The van der Waals surface area contributed by atoms with Gasteiger partial charge in [-0.3, -0.25) is 14.4 Å². The van der Waals surface area contributed by atoms with Crippen molar-refractivity contribution < 1.29 is 24.2 Å². The highest BCUT2D eigenvalue weighted by atomic mass is 35.5. The number of hydrogen-bond donors (Lipinski definition) is 1. The average Bonchev–Trinajstić information content (AvgIpc) is 3.54. The lowest BCUT2D eigenvalue weighted by Crippen LogP contribution is -2.57. The van der Waals surface area contributed by atoms with E-state index in [4.69, 9.17) is 16.3 Å². The van der Waals surface area contributed by atoms with Crippen LogP contribution in [0.5, 0.6) is 0 Å². The van der Waals surface area contributed by atoms with Gasteiger partial charge in [0.25, 0.3) is 5.91 Å². The Morgan fingerprint density at radius 1 is 1.32 bits per heavy atom. The van der Waals surface area contributed by atoms with E-state index in [1.165, 1.54) is 4.90 Å². The molecule has 200 valence electrons. The molecule has 1 spiro atoms. The van der Waals surface area contributed by atoms with Crippen molar-refractivity contribution in [2.75, 3.05) is 24.7 Å². The molecule has 1 aromatic rings. The molecule has 37 heavy (non-hydrogen) atoms. The zero-order chi connectivity index (χ0) is 26.7. The number of carbonyl (C=O) groups excluding carboxylic acids is 3. The topological polar surface area (TPSA) is 87.1 Å². The summed E-state index contributed by atoms with van der Waals surface area (Å²) in [6, 6.07) is 5.64. The molecule has 1 N–H and O–H groups in total. The molecule has 0 aliphatic carbocycles. The predicted octanol–water partition coefficient (Wildman–Crippen LogP) is 4.23. The van der Waals surface area contributed by atoms with Crippen molar-refractivity contribution in [2.24, 2.45) is 11.8 Å². The van der Waals surface area contributed by atoms with E-state index >= 15 is 0 Å². The molecule has 7 nitrogen and oxygen atoms in total. The molecule has 2 amide bonds. The number of rotatable bonds is 12. The summed E-state index contributed by atoms with van der Waals surface area (Å²) in [5, 5.41) is 10.4. The first kappa shape index (κ1) is 27.7. The first-order chi connectivity index (χ1) is 17.8. The number of ether oxygens (including phenoxy) is 1. The number of unbranched alkanes of at least 4 members (excludes halogenated alkanes) is 2. The predicted molar refractivity (Wildman–Crippen MR) is 147 cm³/mol. The van der Waals surface area contributed by atoms with Crippen LogP contribution in [-0.4, -0.2) is 69.6 Å². The summed E-state index contributed by atoms with van der Waals surface area (Å²) < 4.78 is 4.87. The van der Waals surface area contributed by atoms with Gasteiger partial charge in [-0.05, 0) is 51.2 Å². The van der Waals surface area contributed by atoms with Gasteiger partial charge in [0.1, 0.15) is 6.04 Å².